The van der Waals surface area contributed by atoms with Gasteiger partial charge in [0.05, 0.1) is 12.4 Å². The molecule has 0 aliphatic heterocycles. The van der Waals surface area contributed by atoms with Gasteiger partial charge in [0.25, 0.3) is 0 Å². The lowest BCUT2D eigenvalue weighted by atomic mass is 9.46. The maximum atomic E-state index is 14.2. The standard InChI is InChI=1S/C35H47NO6/c1-23(37)42-22-31(39)35(40)16-14-28-27-18-25(21-36(4)5)29-19-26(41-17-9-12-24-10-7-6-8-11-24)13-15-33(29,2)32(27)30(38)20-34(28,35)3/h6-8,10-11,19,27-28,32,40H,9,12-18,20-22H2,1-5H3/t27-,28-,32+,33-,34-,35-/m0/s1. The number of allylic oxidation sites excluding steroid dienone is 3. The predicted octanol–water partition coefficient (Wildman–Crippen LogP) is 5.07. The Morgan fingerprint density at radius 2 is 1.86 bits per heavy atom. The van der Waals surface area contributed by atoms with Crippen LogP contribution >= 0.6 is 0 Å². The van der Waals surface area contributed by atoms with Crippen molar-refractivity contribution in [3.05, 3.63) is 58.9 Å². The van der Waals surface area contributed by atoms with Gasteiger partial charge in [0, 0.05) is 43.1 Å². The average Bonchev–Trinajstić information content (AvgIpc) is 3.21. The topological polar surface area (TPSA) is 93.1 Å². The van der Waals surface area contributed by atoms with Gasteiger partial charge in [-0.3, -0.25) is 14.4 Å². The minimum Gasteiger partial charge on any atom is -0.498 e. The summed E-state index contributed by atoms with van der Waals surface area (Å²) < 4.78 is 11.3. The Morgan fingerprint density at radius 3 is 2.55 bits per heavy atom. The van der Waals surface area contributed by atoms with Gasteiger partial charge in [-0.15, -0.1) is 0 Å². The molecule has 0 spiro atoms. The Morgan fingerprint density at radius 1 is 1.12 bits per heavy atom. The fourth-order valence-electron chi connectivity index (χ4n) is 8.92. The Balaban J connectivity index is 1.40. The van der Waals surface area contributed by atoms with Gasteiger partial charge in [0.2, 0.25) is 5.78 Å². The number of esters is 1. The Labute approximate surface area is 250 Å². The van der Waals surface area contributed by atoms with Gasteiger partial charge < -0.3 is 19.5 Å². The molecule has 7 nitrogen and oxygen atoms in total. The Kier molecular flexibility index (Phi) is 8.56. The molecule has 5 rings (SSSR count). The molecule has 0 heterocycles. The third kappa shape index (κ3) is 5.39. The van der Waals surface area contributed by atoms with E-state index in [4.69, 9.17) is 9.47 Å². The first kappa shape index (κ1) is 30.7. The van der Waals surface area contributed by atoms with Crippen molar-refractivity contribution in [3.63, 3.8) is 0 Å². The average molecular weight is 578 g/mol. The highest BCUT2D eigenvalue weighted by Crippen LogP contribution is 2.67. The maximum Gasteiger partial charge on any atom is 0.303 e. The molecular weight excluding hydrogens is 530 g/mol. The molecule has 228 valence electrons. The molecule has 4 aliphatic rings. The number of aliphatic hydroxyl groups is 1. The van der Waals surface area contributed by atoms with E-state index >= 15 is 0 Å². The number of ketones is 2. The van der Waals surface area contributed by atoms with Crippen LogP contribution in [0, 0.1) is 28.6 Å². The summed E-state index contributed by atoms with van der Waals surface area (Å²) in [5.74, 6) is 0.0311. The number of nitrogens with zero attached hydrogens (tertiary/aromatic N) is 1. The monoisotopic (exact) mass is 577 g/mol. The molecule has 42 heavy (non-hydrogen) atoms. The van der Waals surface area contributed by atoms with Gasteiger partial charge in [-0.2, -0.15) is 0 Å². The number of fused-ring (bicyclic) bond motifs is 5. The van der Waals surface area contributed by atoms with E-state index in [1.807, 2.05) is 13.0 Å². The van der Waals surface area contributed by atoms with Crippen LogP contribution in [-0.4, -0.2) is 67.0 Å². The number of aryl methyl sites for hydroxylation is 1. The summed E-state index contributed by atoms with van der Waals surface area (Å²) in [5, 5.41) is 11.8. The number of rotatable bonds is 10. The van der Waals surface area contributed by atoms with Gasteiger partial charge in [-0.25, -0.2) is 0 Å². The normalized spacial score (nSPS) is 33.9. The zero-order valence-corrected chi connectivity index (χ0v) is 25.9. The molecule has 1 aromatic rings. The van der Waals surface area contributed by atoms with E-state index in [0.29, 0.717) is 19.4 Å². The van der Waals surface area contributed by atoms with Crippen LogP contribution in [0.1, 0.15) is 71.3 Å². The van der Waals surface area contributed by atoms with Crippen LogP contribution in [-0.2, 0) is 30.3 Å². The van der Waals surface area contributed by atoms with Crippen molar-refractivity contribution in [2.24, 2.45) is 28.6 Å². The van der Waals surface area contributed by atoms with Gasteiger partial charge in [-0.1, -0.05) is 49.8 Å². The zero-order chi connectivity index (χ0) is 30.3. The van der Waals surface area contributed by atoms with E-state index in [-0.39, 0.29) is 35.4 Å². The quantitative estimate of drug-likeness (QED) is 0.307. The highest BCUT2D eigenvalue weighted by Gasteiger charge is 2.68. The number of carbonyl (C=O) groups excluding carboxylic acids is 3. The summed E-state index contributed by atoms with van der Waals surface area (Å²) >= 11 is 0. The van der Waals surface area contributed by atoms with E-state index in [9.17, 15) is 19.5 Å². The molecule has 2 saturated carbocycles. The van der Waals surface area contributed by atoms with Crippen molar-refractivity contribution in [3.8, 4) is 0 Å². The fourth-order valence-corrected chi connectivity index (χ4v) is 8.92. The van der Waals surface area contributed by atoms with E-state index in [1.54, 1.807) is 0 Å². The smallest absolute Gasteiger partial charge is 0.303 e. The number of Topliss-reactive ketones (excluding diaryl/α,β-unsaturated/α-hetero) is 2. The van der Waals surface area contributed by atoms with Crippen LogP contribution in [0.25, 0.3) is 0 Å². The largest absolute Gasteiger partial charge is 0.498 e. The number of benzene rings is 1. The molecule has 1 N–H and O–H groups in total. The second kappa shape index (κ2) is 11.7. The lowest BCUT2D eigenvalue weighted by molar-refractivity contribution is -0.172. The lowest BCUT2D eigenvalue weighted by Gasteiger charge is -2.58. The third-order valence-electron chi connectivity index (χ3n) is 10.9. The number of hydrogen-bond acceptors (Lipinski definition) is 7. The molecule has 2 fully saturated rings. The minimum absolute atomic E-state index is 0.0293. The molecule has 6 atom stereocenters. The Hall–Kier alpha value is -2.77. The molecule has 1 aromatic carbocycles. The van der Waals surface area contributed by atoms with E-state index in [2.05, 4.69) is 56.3 Å². The number of hydrogen-bond donors (Lipinski definition) is 1. The SMILES string of the molecule is CC(=O)OCC(=O)[C@@]1(O)CC[C@H]2[C@@H]3CC(CN(C)C)=C4C=C(OCCCc5ccccc5)CC[C@]4(C)[C@H]3C(=O)C[C@@]21C. The van der Waals surface area contributed by atoms with Gasteiger partial charge in [0.15, 0.2) is 6.61 Å². The summed E-state index contributed by atoms with van der Waals surface area (Å²) in [6, 6.07) is 10.5. The van der Waals surface area contributed by atoms with Crippen molar-refractivity contribution in [1.82, 2.24) is 4.90 Å². The number of ether oxygens (including phenoxy) is 2. The van der Waals surface area contributed by atoms with Gasteiger partial charge in [-0.05, 0) is 81.7 Å². The van der Waals surface area contributed by atoms with Crippen LogP contribution in [0.4, 0.5) is 0 Å². The van der Waals surface area contributed by atoms with Crippen LogP contribution in [0.15, 0.2) is 53.3 Å². The van der Waals surface area contributed by atoms with E-state index in [0.717, 1.165) is 44.4 Å². The van der Waals surface area contributed by atoms with Crippen molar-refractivity contribution in [2.75, 3.05) is 33.9 Å². The summed E-state index contributed by atoms with van der Waals surface area (Å²) in [6.45, 7) is 6.43. The predicted molar refractivity (Wildman–Crippen MR) is 160 cm³/mol. The maximum absolute atomic E-state index is 14.2. The molecule has 7 heteroatoms. The van der Waals surface area contributed by atoms with Crippen molar-refractivity contribution >= 4 is 17.5 Å². The highest BCUT2D eigenvalue weighted by atomic mass is 16.5. The highest BCUT2D eigenvalue weighted by molar-refractivity contribution is 5.93. The van der Waals surface area contributed by atoms with Crippen LogP contribution < -0.4 is 0 Å². The first-order valence-electron chi connectivity index (χ1n) is 15.6. The summed E-state index contributed by atoms with van der Waals surface area (Å²) in [4.78, 5) is 41.0. The first-order chi connectivity index (χ1) is 19.9. The third-order valence-corrected chi connectivity index (χ3v) is 10.9. The molecule has 0 saturated heterocycles. The molecule has 0 radical (unpaired) electrons. The summed E-state index contributed by atoms with van der Waals surface area (Å²) in [7, 11) is 4.14. The van der Waals surface area contributed by atoms with E-state index < -0.39 is 29.4 Å². The summed E-state index contributed by atoms with van der Waals surface area (Å²) in [6.07, 6.45) is 7.71. The number of likely N-dealkylation sites (N-methyl/N-ethyl adjacent to an activating group) is 1. The molecule has 0 amide bonds. The summed E-state index contributed by atoms with van der Waals surface area (Å²) in [5.41, 5.74) is 1.03. The van der Waals surface area contributed by atoms with Gasteiger partial charge in [0.1, 0.15) is 11.4 Å². The van der Waals surface area contributed by atoms with Crippen molar-refractivity contribution in [2.45, 2.75) is 77.7 Å². The van der Waals surface area contributed by atoms with Crippen LogP contribution in [0.2, 0.25) is 0 Å². The molecular formula is C35H47NO6. The van der Waals surface area contributed by atoms with Crippen LogP contribution in [0.5, 0.6) is 0 Å². The zero-order valence-electron chi connectivity index (χ0n) is 25.9. The second-order valence-electron chi connectivity index (χ2n) is 13.8. The van der Waals surface area contributed by atoms with Crippen LogP contribution in [0.3, 0.4) is 0 Å². The van der Waals surface area contributed by atoms with Gasteiger partial charge >= 0.3 is 5.97 Å². The Bertz CT molecular complexity index is 1280. The molecule has 0 bridgehead atoms. The molecule has 0 aromatic heterocycles. The second-order valence-corrected chi connectivity index (χ2v) is 13.8. The van der Waals surface area contributed by atoms with E-state index in [1.165, 1.54) is 23.6 Å². The van der Waals surface area contributed by atoms with Crippen molar-refractivity contribution in [1.29, 1.82) is 0 Å². The number of carbonyl (C=O) groups is 3. The first-order valence-corrected chi connectivity index (χ1v) is 15.6. The van der Waals surface area contributed by atoms with Crippen molar-refractivity contribution < 1.29 is 29.0 Å². The molecule has 0 unspecified atom stereocenters. The fraction of sp³-hybridized carbons (Fsp3) is 0.629. The molecule has 4 aliphatic carbocycles. The minimum atomic E-state index is -1.67. The lowest BCUT2D eigenvalue weighted by Crippen LogP contribution is -2.61.